The highest BCUT2D eigenvalue weighted by Gasteiger charge is 2.17. The van der Waals surface area contributed by atoms with Gasteiger partial charge in [0.25, 0.3) is 10.0 Å². The summed E-state index contributed by atoms with van der Waals surface area (Å²) in [4.78, 5) is 0.0323. The Morgan fingerprint density at radius 2 is 1.61 bits per heavy atom. The Balaban J connectivity index is 2.40. The topological polar surface area (TPSA) is 72.2 Å². The molecule has 2 rings (SSSR count). The summed E-state index contributed by atoms with van der Waals surface area (Å²) in [5, 5.41) is 0.329. The van der Waals surface area contributed by atoms with E-state index >= 15 is 0 Å². The smallest absolute Gasteiger partial charge is 0.263 e. The molecule has 0 fully saturated rings. The number of anilines is 2. The van der Waals surface area contributed by atoms with Gasteiger partial charge in [0, 0.05) is 0 Å². The van der Waals surface area contributed by atoms with Gasteiger partial charge in [0.2, 0.25) is 0 Å². The van der Waals surface area contributed by atoms with Crippen LogP contribution in [0.2, 0.25) is 5.02 Å². The lowest BCUT2D eigenvalue weighted by Gasteiger charge is -2.10. The minimum Gasteiger partial charge on any atom is -0.398 e. The van der Waals surface area contributed by atoms with E-state index in [1.807, 2.05) is 0 Å². The highest BCUT2D eigenvalue weighted by molar-refractivity contribution is 7.92. The zero-order valence-electron chi connectivity index (χ0n) is 9.30. The van der Waals surface area contributed by atoms with Gasteiger partial charge in [-0.25, -0.2) is 8.42 Å². The first-order valence-corrected chi connectivity index (χ1v) is 6.99. The zero-order chi connectivity index (χ0) is 13.2. The van der Waals surface area contributed by atoms with Crippen LogP contribution in [-0.2, 0) is 10.0 Å². The predicted molar refractivity (Wildman–Crippen MR) is 73.1 cm³/mol. The van der Waals surface area contributed by atoms with Crippen LogP contribution in [0.15, 0.2) is 53.4 Å². The lowest BCUT2D eigenvalue weighted by atomic mass is 10.3. The molecule has 94 valence electrons. The fraction of sp³-hybridized carbons (Fsp3) is 0. The summed E-state index contributed by atoms with van der Waals surface area (Å²) < 4.78 is 26.7. The fourth-order valence-electron chi connectivity index (χ4n) is 1.47. The molecule has 0 aromatic heterocycles. The Kier molecular flexibility index (Phi) is 3.45. The van der Waals surface area contributed by atoms with E-state index in [2.05, 4.69) is 4.72 Å². The second kappa shape index (κ2) is 4.88. The molecule has 3 N–H and O–H groups in total. The van der Waals surface area contributed by atoms with E-state index in [4.69, 9.17) is 17.3 Å². The number of nitrogen functional groups attached to an aromatic ring is 1. The predicted octanol–water partition coefficient (Wildman–Crippen LogP) is 2.72. The van der Waals surface area contributed by atoms with Crippen LogP contribution in [-0.4, -0.2) is 8.42 Å². The Morgan fingerprint density at radius 3 is 2.28 bits per heavy atom. The summed E-state index contributed by atoms with van der Waals surface area (Å²) in [6.45, 7) is 0. The summed E-state index contributed by atoms with van der Waals surface area (Å²) in [5.74, 6) is 0. The quantitative estimate of drug-likeness (QED) is 0.850. The van der Waals surface area contributed by atoms with Crippen LogP contribution in [0.25, 0.3) is 0 Å². The van der Waals surface area contributed by atoms with E-state index < -0.39 is 10.0 Å². The largest absolute Gasteiger partial charge is 0.398 e. The van der Waals surface area contributed by atoms with Gasteiger partial charge in [-0.05, 0) is 24.3 Å². The first-order chi connectivity index (χ1) is 8.50. The summed E-state index contributed by atoms with van der Waals surface area (Å²) in [5.41, 5.74) is 6.16. The van der Waals surface area contributed by atoms with Crippen molar-refractivity contribution in [2.24, 2.45) is 0 Å². The van der Waals surface area contributed by atoms with E-state index in [-0.39, 0.29) is 10.6 Å². The molecule has 6 heteroatoms. The van der Waals surface area contributed by atoms with Crippen LogP contribution in [0.5, 0.6) is 0 Å². The fourth-order valence-corrected chi connectivity index (χ4v) is 2.92. The van der Waals surface area contributed by atoms with Crippen LogP contribution < -0.4 is 10.5 Å². The van der Waals surface area contributed by atoms with Gasteiger partial charge in [-0.3, -0.25) is 4.72 Å². The molecule has 4 nitrogen and oxygen atoms in total. The third kappa shape index (κ3) is 2.57. The normalized spacial score (nSPS) is 11.2. The van der Waals surface area contributed by atoms with Gasteiger partial charge < -0.3 is 5.73 Å². The van der Waals surface area contributed by atoms with Gasteiger partial charge in [-0.15, -0.1) is 0 Å². The van der Waals surface area contributed by atoms with Crippen molar-refractivity contribution in [1.29, 1.82) is 0 Å². The lowest BCUT2D eigenvalue weighted by Crippen LogP contribution is -2.14. The Hall–Kier alpha value is -1.72. The van der Waals surface area contributed by atoms with Gasteiger partial charge in [-0.2, -0.15) is 0 Å². The molecule has 0 heterocycles. The molecule has 0 atom stereocenters. The molecule has 0 saturated carbocycles. The van der Waals surface area contributed by atoms with Gasteiger partial charge in [-0.1, -0.05) is 35.9 Å². The third-order valence-electron chi connectivity index (χ3n) is 2.33. The van der Waals surface area contributed by atoms with Gasteiger partial charge >= 0.3 is 0 Å². The van der Waals surface area contributed by atoms with Gasteiger partial charge in [0.1, 0.15) is 4.90 Å². The monoisotopic (exact) mass is 282 g/mol. The average Bonchev–Trinajstić information content (AvgIpc) is 2.32. The minimum absolute atomic E-state index is 0.0323. The van der Waals surface area contributed by atoms with Crippen LogP contribution in [0.4, 0.5) is 11.4 Å². The van der Waals surface area contributed by atoms with Crippen molar-refractivity contribution in [2.75, 3.05) is 10.5 Å². The van der Waals surface area contributed by atoms with Crippen molar-refractivity contribution in [1.82, 2.24) is 0 Å². The molecule has 2 aromatic carbocycles. The molecule has 2 aromatic rings. The number of hydrogen-bond acceptors (Lipinski definition) is 3. The Labute approximate surface area is 110 Å². The highest BCUT2D eigenvalue weighted by atomic mass is 35.5. The third-order valence-corrected chi connectivity index (χ3v) is 4.10. The molecule has 0 amide bonds. The van der Waals surface area contributed by atoms with E-state index in [1.54, 1.807) is 36.4 Å². The van der Waals surface area contributed by atoms with Gasteiger partial charge in [0.15, 0.2) is 0 Å². The Morgan fingerprint density at radius 1 is 1.00 bits per heavy atom. The van der Waals surface area contributed by atoms with Crippen LogP contribution in [0, 0.1) is 0 Å². The zero-order valence-corrected chi connectivity index (χ0v) is 10.9. The minimum atomic E-state index is -3.73. The number of halogens is 1. The number of hydrogen-bond donors (Lipinski definition) is 2. The highest BCUT2D eigenvalue weighted by Crippen LogP contribution is 2.25. The average molecular weight is 283 g/mol. The summed E-state index contributed by atoms with van der Waals surface area (Å²) in [7, 11) is -3.73. The van der Waals surface area contributed by atoms with E-state index in [1.165, 1.54) is 12.1 Å². The molecule has 0 unspecified atom stereocenters. The molecule has 0 bridgehead atoms. The van der Waals surface area contributed by atoms with E-state index in [0.29, 0.717) is 10.7 Å². The number of sulfonamides is 1. The molecule has 0 radical (unpaired) electrons. The molecular formula is C12H11ClN2O2S. The van der Waals surface area contributed by atoms with Crippen LogP contribution >= 0.6 is 11.6 Å². The van der Waals surface area contributed by atoms with Gasteiger partial charge in [0.05, 0.1) is 16.4 Å². The molecular weight excluding hydrogens is 272 g/mol. The Bertz CT molecular complexity index is 671. The summed E-state index contributed by atoms with van der Waals surface area (Å²) in [6.07, 6.45) is 0. The second-order valence-corrected chi connectivity index (χ2v) is 5.68. The molecule has 0 aliphatic heterocycles. The second-order valence-electron chi connectivity index (χ2n) is 3.62. The number of rotatable bonds is 3. The molecule has 0 spiro atoms. The van der Waals surface area contributed by atoms with Crippen molar-refractivity contribution in [2.45, 2.75) is 4.90 Å². The first kappa shape index (κ1) is 12.7. The maximum absolute atomic E-state index is 12.1. The number of para-hydroxylation sites is 2. The van der Waals surface area contributed by atoms with Crippen molar-refractivity contribution in [3.05, 3.63) is 53.6 Å². The molecule has 0 aliphatic rings. The van der Waals surface area contributed by atoms with Crippen molar-refractivity contribution >= 4 is 33.0 Å². The molecule has 18 heavy (non-hydrogen) atoms. The van der Waals surface area contributed by atoms with Crippen LogP contribution in [0.1, 0.15) is 0 Å². The standard InChI is InChI=1S/C12H11ClN2O2S/c13-9-5-1-3-7-11(9)15-18(16,17)12-8-4-2-6-10(12)14/h1-8,15H,14H2. The number of nitrogens with two attached hydrogens (primary N) is 1. The summed E-state index contributed by atoms with van der Waals surface area (Å²) in [6, 6.07) is 12.8. The van der Waals surface area contributed by atoms with Crippen molar-refractivity contribution < 1.29 is 8.42 Å². The lowest BCUT2D eigenvalue weighted by molar-refractivity contribution is 0.601. The number of nitrogens with one attached hydrogen (secondary N) is 1. The van der Waals surface area contributed by atoms with Crippen molar-refractivity contribution in [3.63, 3.8) is 0 Å². The number of benzene rings is 2. The first-order valence-electron chi connectivity index (χ1n) is 5.12. The van der Waals surface area contributed by atoms with E-state index in [9.17, 15) is 8.42 Å². The maximum atomic E-state index is 12.1. The molecule has 0 aliphatic carbocycles. The SMILES string of the molecule is Nc1ccccc1S(=O)(=O)Nc1ccccc1Cl. The van der Waals surface area contributed by atoms with Crippen LogP contribution in [0.3, 0.4) is 0 Å². The maximum Gasteiger partial charge on any atom is 0.263 e. The molecule has 0 saturated heterocycles. The summed E-state index contributed by atoms with van der Waals surface area (Å²) >= 11 is 5.90. The van der Waals surface area contributed by atoms with Crippen molar-refractivity contribution in [3.8, 4) is 0 Å². The van der Waals surface area contributed by atoms with E-state index in [0.717, 1.165) is 0 Å².